The molecule has 0 aliphatic carbocycles. The molecule has 0 aliphatic rings. The summed E-state index contributed by atoms with van der Waals surface area (Å²) < 4.78 is 5.04. The van der Waals surface area contributed by atoms with Crippen LogP contribution in [0.1, 0.15) is 52.4 Å². The molecule has 0 aliphatic heterocycles. The van der Waals surface area contributed by atoms with Crippen molar-refractivity contribution in [3.8, 4) is 0 Å². The van der Waals surface area contributed by atoms with Gasteiger partial charge in [-0.05, 0) is 12.8 Å². The van der Waals surface area contributed by atoms with Crippen LogP contribution in [-0.4, -0.2) is 12.6 Å². The number of allylic oxidation sites excluding steroid dienone is 1. The summed E-state index contributed by atoms with van der Waals surface area (Å²) >= 11 is 0. The third-order valence-corrected chi connectivity index (χ3v) is 1.95. The van der Waals surface area contributed by atoms with Gasteiger partial charge in [0.2, 0.25) is 0 Å². The minimum absolute atomic E-state index is 0.105. The molecule has 0 N–H and O–H groups in total. The van der Waals surface area contributed by atoms with Crippen molar-refractivity contribution >= 4 is 5.97 Å². The highest BCUT2D eigenvalue weighted by atomic mass is 16.5. The lowest BCUT2D eigenvalue weighted by atomic mass is 10.2. The maximum Gasteiger partial charge on any atom is 0.309 e. The number of carbonyl (C=O) groups is 1. The summed E-state index contributed by atoms with van der Waals surface area (Å²) in [5.74, 6) is -0.105. The normalized spacial score (nSPS) is 10.7. The van der Waals surface area contributed by atoms with Crippen LogP contribution < -0.4 is 0 Å². The Morgan fingerprint density at radius 2 is 1.93 bits per heavy atom. The van der Waals surface area contributed by atoms with Gasteiger partial charge in [-0.25, -0.2) is 0 Å². The lowest BCUT2D eigenvalue weighted by Crippen LogP contribution is -2.04. The Labute approximate surface area is 87.3 Å². The van der Waals surface area contributed by atoms with E-state index in [9.17, 15) is 4.79 Å². The van der Waals surface area contributed by atoms with E-state index in [-0.39, 0.29) is 5.97 Å². The van der Waals surface area contributed by atoms with Crippen LogP contribution in [0.5, 0.6) is 0 Å². The molecule has 0 rings (SSSR count). The van der Waals surface area contributed by atoms with Gasteiger partial charge >= 0.3 is 5.97 Å². The largest absolute Gasteiger partial charge is 0.465 e. The number of ether oxygens (including phenoxy) is 1. The van der Waals surface area contributed by atoms with Gasteiger partial charge in [0.1, 0.15) is 0 Å². The fraction of sp³-hybridized carbons (Fsp3) is 0.750. The van der Waals surface area contributed by atoms with Gasteiger partial charge in [0.15, 0.2) is 0 Å². The third kappa shape index (κ3) is 9.30. The first-order valence-corrected chi connectivity index (χ1v) is 5.61. The molecule has 0 amide bonds. The SMILES string of the molecule is CCC=CCC(=O)OCCCCCC. The Balaban J connectivity index is 3.22. The zero-order chi connectivity index (χ0) is 10.6. The Bertz CT molecular complexity index is 162. The van der Waals surface area contributed by atoms with Gasteiger partial charge in [-0.2, -0.15) is 0 Å². The van der Waals surface area contributed by atoms with Crippen molar-refractivity contribution in [1.82, 2.24) is 0 Å². The van der Waals surface area contributed by atoms with E-state index in [0.29, 0.717) is 13.0 Å². The second-order valence-corrected chi connectivity index (χ2v) is 3.36. The van der Waals surface area contributed by atoms with Crippen molar-refractivity contribution < 1.29 is 9.53 Å². The molecule has 0 saturated heterocycles. The smallest absolute Gasteiger partial charge is 0.309 e. The molecule has 0 atom stereocenters. The fourth-order valence-electron chi connectivity index (χ4n) is 1.12. The maximum atomic E-state index is 11.1. The van der Waals surface area contributed by atoms with Crippen LogP contribution in [0.15, 0.2) is 12.2 Å². The van der Waals surface area contributed by atoms with Gasteiger partial charge < -0.3 is 4.74 Å². The number of hydrogen-bond acceptors (Lipinski definition) is 2. The molecular formula is C12H22O2. The van der Waals surface area contributed by atoms with Crippen LogP contribution >= 0.6 is 0 Å². The Kier molecular flexibility index (Phi) is 9.71. The fourth-order valence-corrected chi connectivity index (χ4v) is 1.12. The molecule has 0 unspecified atom stereocenters. The quantitative estimate of drug-likeness (QED) is 0.339. The summed E-state index contributed by atoms with van der Waals surface area (Å²) in [7, 11) is 0. The van der Waals surface area contributed by atoms with Gasteiger partial charge in [0.05, 0.1) is 13.0 Å². The van der Waals surface area contributed by atoms with Gasteiger partial charge in [0, 0.05) is 0 Å². The summed E-state index contributed by atoms with van der Waals surface area (Å²) in [6, 6.07) is 0. The van der Waals surface area contributed by atoms with Crippen LogP contribution in [-0.2, 0) is 9.53 Å². The van der Waals surface area contributed by atoms with Crippen LogP contribution in [0.25, 0.3) is 0 Å². The van der Waals surface area contributed by atoms with E-state index in [2.05, 4.69) is 6.92 Å². The first-order chi connectivity index (χ1) is 6.81. The maximum absolute atomic E-state index is 11.1. The van der Waals surface area contributed by atoms with Crippen molar-refractivity contribution in [2.24, 2.45) is 0 Å². The number of unbranched alkanes of at least 4 members (excludes halogenated alkanes) is 3. The molecule has 82 valence electrons. The second kappa shape index (κ2) is 10.3. The number of hydrogen-bond donors (Lipinski definition) is 0. The van der Waals surface area contributed by atoms with E-state index < -0.39 is 0 Å². The Morgan fingerprint density at radius 1 is 1.14 bits per heavy atom. The number of esters is 1. The lowest BCUT2D eigenvalue weighted by molar-refractivity contribution is -0.142. The topological polar surface area (TPSA) is 26.3 Å². The molecule has 0 spiro atoms. The predicted molar refractivity (Wildman–Crippen MR) is 59.1 cm³/mol. The highest BCUT2D eigenvalue weighted by molar-refractivity contribution is 5.71. The molecule has 14 heavy (non-hydrogen) atoms. The van der Waals surface area contributed by atoms with E-state index in [0.717, 1.165) is 19.3 Å². The van der Waals surface area contributed by atoms with E-state index in [4.69, 9.17) is 4.74 Å². The standard InChI is InChI=1S/C12H22O2/c1-3-5-7-9-11-14-12(13)10-8-6-4-2/h6,8H,3-5,7,9-11H2,1-2H3. The Morgan fingerprint density at radius 3 is 2.57 bits per heavy atom. The van der Waals surface area contributed by atoms with Crippen LogP contribution in [0.4, 0.5) is 0 Å². The number of rotatable bonds is 8. The second-order valence-electron chi connectivity index (χ2n) is 3.36. The molecule has 0 heterocycles. The van der Waals surface area contributed by atoms with Gasteiger partial charge in [-0.15, -0.1) is 0 Å². The summed E-state index contributed by atoms with van der Waals surface area (Å²) in [6.07, 6.45) is 9.85. The van der Waals surface area contributed by atoms with E-state index >= 15 is 0 Å². The van der Waals surface area contributed by atoms with E-state index in [1.54, 1.807) is 0 Å². The molecule has 0 saturated carbocycles. The first-order valence-electron chi connectivity index (χ1n) is 5.61. The van der Waals surface area contributed by atoms with E-state index in [1.807, 2.05) is 19.1 Å². The highest BCUT2D eigenvalue weighted by Gasteiger charge is 1.98. The van der Waals surface area contributed by atoms with Crippen molar-refractivity contribution in [3.05, 3.63) is 12.2 Å². The van der Waals surface area contributed by atoms with E-state index in [1.165, 1.54) is 12.8 Å². The predicted octanol–water partition coefficient (Wildman–Crippen LogP) is 3.47. The minimum atomic E-state index is -0.105. The zero-order valence-electron chi connectivity index (χ0n) is 9.42. The minimum Gasteiger partial charge on any atom is -0.465 e. The molecule has 2 heteroatoms. The molecule has 0 radical (unpaired) electrons. The molecule has 2 nitrogen and oxygen atoms in total. The van der Waals surface area contributed by atoms with Gasteiger partial charge in [-0.1, -0.05) is 45.3 Å². The summed E-state index contributed by atoms with van der Waals surface area (Å²) in [6.45, 7) is 4.80. The number of carbonyl (C=O) groups excluding carboxylic acids is 1. The average Bonchev–Trinajstić information content (AvgIpc) is 2.18. The van der Waals surface area contributed by atoms with Crippen molar-refractivity contribution in [2.75, 3.05) is 6.61 Å². The van der Waals surface area contributed by atoms with Crippen LogP contribution in [0.2, 0.25) is 0 Å². The first kappa shape index (κ1) is 13.2. The van der Waals surface area contributed by atoms with Gasteiger partial charge in [0.25, 0.3) is 0 Å². The summed E-state index contributed by atoms with van der Waals surface area (Å²) in [5, 5.41) is 0. The Hall–Kier alpha value is -0.790. The molecule has 0 aromatic heterocycles. The molecule has 0 fully saturated rings. The molecular weight excluding hydrogens is 176 g/mol. The van der Waals surface area contributed by atoms with Crippen molar-refractivity contribution in [2.45, 2.75) is 52.4 Å². The van der Waals surface area contributed by atoms with Crippen molar-refractivity contribution in [1.29, 1.82) is 0 Å². The van der Waals surface area contributed by atoms with Crippen molar-refractivity contribution in [3.63, 3.8) is 0 Å². The third-order valence-electron chi connectivity index (χ3n) is 1.95. The van der Waals surface area contributed by atoms with Crippen LogP contribution in [0, 0.1) is 0 Å². The van der Waals surface area contributed by atoms with Gasteiger partial charge in [-0.3, -0.25) is 4.79 Å². The monoisotopic (exact) mass is 198 g/mol. The molecule has 0 aromatic rings. The van der Waals surface area contributed by atoms with Crippen LogP contribution in [0.3, 0.4) is 0 Å². The zero-order valence-corrected chi connectivity index (χ0v) is 9.42. The molecule has 0 aromatic carbocycles. The highest BCUT2D eigenvalue weighted by Crippen LogP contribution is 2.00. The lowest BCUT2D eigenvalue weighted by Gasteiger charge is -2.02. The summed E-state index contributed by atoms with van der Waals surface area (Å²) in [5.41, 5.74) is 0. The average molecular weight is 198 g/mol. The summed E-state index contributed by atoms with van der Waals surface area (Å²) in [4.78, 5) is 11.1. The molecule has 0 bridgehead atoms.